The third kappa shape index (κ3) is 5.76. The minimum absolute atomic E-state index is 0. The molecule has 2 heterocycles. The van der Waals surface area contributed by atoms with E-state index in [1.165, 1.54) is 12.1 Å². The third-order valence-corrected chi connectivity index (χ3v) is 5.40. The Hall–Kier alpha value is -1.53. The summed E-state index contributed by atoms with van der Waals surface area (Å²) < 4.78 is 15.4. The van der Waals surface area contributed by atoms with Crippen LogP contribution in [0.2, 0.25) is 0 Å². The molecule has 1 aromatic heterocycles. The average molecular weight is 460 g/mol. The molecule has 0 radical (unpaired) electrons. The highest BCUT2D eigenvalue weighted by atomic mass is 35.5. The molecule has 4 nitrogen and oxygen atoms in total. The predicted octanol–water partition coefficient (Wildman–Crippen LogP) is 5.18. The molecule has 0 unspecified atom stereocenters. The van der Waals surface area contributed by atoms with Crippen molar-refractivity contribution in [3.05, 3.63) is 59.9 Å². The Bertz CT molecular complexity index is 893. The molecule has 8 heteroatoms. The van der Waals surface area contributed by atoms with E-state index < -0.39 is 0 Å². The fraction of sp³-hybridized carbons (Fsp3) is 0.381. The minimum atomic E-state index is -0.212. The lowest BCUT2D eigenvalue weighted by atomic mass is 10.1. The van der Waals surface area contributed by atoms with E-state index >= 15 is 0 Å². The second kappa shape index (κ2) is 11.0. The number of imidazole rings is 1. The molecule has 158 valence electrons. The van der Waals surface area contributed by atoms with Crippen LogP contribution >= 0.6 is 36.4 Å². The van der Waals surface area contributed by atoms with Crippen molar-refractivity contribution in [2.45, 2.75) is 25.4 Å². The smallest absolute Gasteiger partial charge is 0.204 e. The van der Waals surface area contributed by atoms with E-state index in [0.717, 1.165) is 55.0 Å². The zero-order valence-corrected chi connectivity index (χ0v) is 18.4. The Kier molecular flexibility index (Phi) is 9.03. The number of aromatic nitrogens is 2. The number of rotatable bonds is 6. The van der Waals surface area contributed by atoms with Crippen LogP contribution in [0.3, 0.4) is 0 Å². The Morgan fingerprint density at radius 3 is 2.41 bits per heavy atom. The number of likely N-dealkylation sites (tertiary alicyclic amines) is 1. The number of benzene rings is 2. The summed E-state index contributed by atoms with van der Waals surface area (Å²) in [4.78, 5) is 7.23. The van der Waals surface area contributed by atoms with Gasteiger partial charge in [-0.3, -0.25) is 0 Å². The maximum atomic E-state index is 13.2. The third-order valence-electron chi connectivity index (χ3n) is 5.23. The number of fused-ring (bicyclic) bond motifs is 1. The molecule has 0 aliphatic carbocycles. The van der Waals surface area contributed by atoms with Crippen LogP contribution in [-0.4, -0.2) is 46.0 Å². The van der Waals surface area contributed by atoms with E-state index in [4.69, 9.17) is 16.6 Å². The Labute approximate surface area is 188 Å². The fourth-order valence-corrected chi connectivity index (χ4v) is 3.96. The lowest BCUT2D eigenvalue weighted by Crippen LogP contribution is -2.40. The second-order valence-corrected chi connectivity index (χ2v) is 7.46. The van der Waals surface area contributed by atoms with Crippen LogP contribution in [0.25, 0.3) is 11.0 Å². The summed E-state index contributed by atoms with van der Waals surface area (Å²) in [6.45, 7) is 3.73. The standard InChI is InChI=1S/C21H24ClFN4.2ClH/c22-11-14-26-12-9-18(10-13-26)24-21-25-19-3-1-2-4-20(19)27(21)15-16-5-7-17(23)8-6-16;;/h1-8,18H,9-15H2,(H,24,25);2*1H. The highest BCUT2D eigenvalue weighted by Gasteiger charge is 2.21. The van der Waals surface area contributed by atoms with E-state index in [2.05, 4.69) is 20.9 Å². The van der Waals surface area contributed by atoms with Gasteiger partial charge in [0.15, 0.2) is 0 Å². The van der Waals surface area contributed by atoms with Crippen molar-refractivity contribution in [1.29, 1.82) is 0 Å². The van der Waals surface area contributed by atoms with E-state index in [9.17, 15) is 4.39 Å². The number of hydrogen-bond donors (Lipinski definition) is 1. The number of hydrogen-bond acceptors (Lipinski definition) is 3. The Balaban J connectivity index is 0.00000150. The maximum Gasteiger partial charge on any atom is 0.204 e. The van der Waals surface area contributed by atoms with Crippen LogP contribution in [0.15, 0.2) is 48.5 Å². The van der Waals surface area contributed by atoms with E-state index in [1.54, 1.807) is 0 Å². The quantitative estimate of drug-likeness (QED) is 0.515. The van der Waals surface area contributed by atoms with Gasteiger partial charge in [-0.15, -0.1) is 36.4 Å². The van der Waals surface area contributed by atoms with E-state index in [0.29, 0.717) is 18.5 Å². The van der Waals surface area contributed by atoms with Crippen molar-refractivity contribution in [3.8, 4) is 0 Å². The first-order valence-electron chi connectivity index (χ1n) is 9.47. The van der Waals surface area contributed by atoms with Crippen molar-refractivity contribution in [2.75, 3.05) is 30.8 Å². The van der Waals surface area contributed by atoms with Gasteiger partial charge < -0.3 is 14.8 Å². The molecule has 0 spiro atoms. The molecule has 1 aliphatic heterocycles. The monoisotopic (exact) mass is 458 g/mol. The van der Waals surface area contributed by atoms with Gasteiger partial charge in [-0.1, -0.05) is 24.3 Å². The lowest BCUT2D eigenvalue weighted by molar-refractivity contribution is 0.230. The van der Waals surface area contributed by atoms with E-state index in [1.807, 2.05) is 30.3 Å². The van der Waals surface area contributed by atoms with Gasteiger partial charge >= 0.3 is 0 Å². The molecule has 1 aliphatic rings. The average Bonchev–Trinajstić information content (AvgIpc) is 3.02. The molecule has 1 saturated heterocycles. The molecule has 29 heavy (non-hydrogen) atoms. The summed E-state index contributed by atoms with van der Waals surface area (Å²) in [6, 6.07) is 15.2. The van der Waals surface area contributed by atoms with Crippen LogP contribution in [0.5, 0.6) is 0 Å². The molecule has 0 amide bonds. The van der Waals surface area contributed by atoms with Gasteiger partial charge in [-0.05, 0) is 42.7 Å². The molecule has 2 aromatic carbocycles. The predicted molar refractivity (Wildman–Crippen MR) is 124 cm³/mol. The second-order valence-electron chi connectivity index (χ2n) is 7.09. The van der Waals surface area contributed by atoms with Crippen molar-refractivity contribution < 1.29 is 4.39 Å². The summed E-state index contributed by atoms with van der Waals surface area (Å²) in [5.74, 6) is 1.36. The number of nitrogens with zero attached hydrogens (tertiary/aromatic N) is 3. The van der Waals surface area contributed by atoms with Crippen LogP contribution in [0.1, 0.15) is 18.4 Å². The van der Waals surface area contributed by atoms with Gasteiger partial charge in [0.05, 0.1) is 17.6 Å². The molecule has 1 N–H and O–H groups in total. The molecule has 1 fully saturated rings. The first-order chi connectivity index (χ1) is 13.2. The number of piperidine rings is 1. The van der Waals surface area contributed by atoms with Crippen LogP contribution in [0, 0.1) is 5.82 Å². The van der Waals surface area contributed by atoms with Gasteiger partial charge in [-0.2, -0.15) is 0 Å². The number of nitrogens with one attached hydrogen (secondary N) is 1. The van der Waals surface area contributed by atoms with Crippen molar-refractivity contribution in [2.24, 2.45) is 0 Å². The molecule has 3 aromatic rings. The number of anilines is 1. The minimum Gasteiger partial charge on any atom is -0.353 e. The van der Waals surface area contributed by atoms with E-state index in [-0.39, 0.29) is 30.6 Å². The summed E-state index contributed by atoms with van der Waals surface area (Å²) in [7, 11) is 0. The Morgan fingerprint density at radius 1 is 1.03 bits per heavy atom. The number of halogens is 4. The SMILES string of the molecule is Cl.Cl.Fc1ccc(Cn2c(NC3CCN(CCCl)CC3)nc3ccccc32)cc1. The summed E-state index contributed by atoms with van der Waals surface area (Å²) in [5, 5.41) is 3.65. The van der Waals surface area contributed by atoms with Crippen molar-refractivity contribution in [3.63, 3.8) is 0 Å². The van der Waals surface area contributed by atoms with Crippen molar-refractivity contribution in [1.82, 2.24) is 14.5 Å². The lowest BCUT2D eigenvalue weighted by Gasteiger charge is -2.32. The van der Waals surface area contributed by atoms with Gasteiger partial charge in [0, 0.05) is 31.6 Å². The number of para-hydroxylation sites is 2. The van der Waals surface area contributed by atoms with Gasteiger partial charge in [-0.25, -0.2) is 9.37 Å². The topological polar surface area (TPSA) is 33.1 Å². The zero-order valence-electron chi connectivity index (χ0n) is 16.1. The van der Waals surface area contributed by atoms with Crippen LogP contribution < -0.4 is 5.32 Å². The van der Waals surface area contributed by atoms with Crippen LogP contribution in [0.4, 0.5) is 10.3 Å². The van der Waals surface area contributed by atoms with Gasteiger partial charge in [0.2, 0.25) is 5.95 Å². The number of alkyl halides is 1. The van der Waals surface area contributed by atoms with Crippen molar-refractivity contribution >= 4 is 53.4 Å². The zero-order chi connectivity index (χ0) is 18.6. The maximum absolute atomic E-state index is 13.2. The first-order valence-corrected chi connectivity index (χ1v) is 10.0. The molecular weight excluding hydrogens is 434 g/mol. The largest absolute Gasteiger partial charge is 0.353 e. The molecule has 0 atom stereocenters. The molecule has 0 bridgehead atoms. The van der Waals surface area contributed by atoms with Gasteiger partial charge in [0.1, 0.15) is 5.82 Å². The highest BCUT2D eigenvalue weighted by molar-refractivity contribution is 6.18. The summed E-state index contributed by atoms with van der Waals surface area (Å²) in [6.07, 6.45) is 2.16. The summed E-state index contributed by atoms with van der Waals surface area (Å²) in [5.41, 5.74) is 3.12. The fourth-order valence-electron chi connectivity index (χ4n) is 3.72. The normalized spacial score (nSPS) is 15.0. The molecular formula is C21H26Cl3FN4. The first kappa shape index (κ1) is 23.7. The van der Waals surface area contributed by atoms with Crippen LogP contribution in [-0.2, 0) is 6.54 Å². The van der Waals surface area contributed by atoms with Gasteiger partial charge in [0.25, 0.3) is 0 Å². The highest BCUT2D eigenvalue weighted by Crippen LogP contribution is 2.24. The summed E-state index contributed by atoms with van der Waals surface area (Å²) >= 11 is 5.86. The molecule has 4 rings (SSSR count). The Morgan fingerprint density at radius 2 is 1.72 bits per heavy atom. The molecule has 0 saturated carbocycles.